The van der Waals surface area contributed by atoms with Gasteiger partial charge in [-0.1, -0.05) is 17.7 Å². The number of halogens is 1. The lowest BCUT2D eigenvalue weighted by Gasteiger charge is -2.10. The van der Waals surface area contributed by atoms with Crippen LogP contribution < -0.4 is 5.32 Å². The van der Waals surface area contributed by atoms with Gasteiger partial charge in [0.2, 0.25) is 0 Å². The Morgan fingerprint density at radius 3 is 2.86 bits per heavy atom. The molecule has 0 spiro atoms. The summed E-state index contributed by atoms with van der Waals surface area (Å²) < 4.78 is 4.87. The van der Waals surface area contributed by atoms with Crippen molar-refractivity contribution in [2.75, 3.05) is 12.4 Å². The number of anilines is 1. The first-order valence-corrected chi connectivity index (χ1v) is 4.60. The highest BCUT2D eigenvalue weighted by Gasteiger charge is 2.11. The zero-order valence-corrected chi connectivity index (χ0v) is 8.84. The van der Waals surface area contributed by atoms with Crippen molar-refractivity contribution in [2.24, 2.45) is 0 Å². The van der Waals surface area contributed by atoms with E-state index in [1.54, 1.807) is 31.2 Å². The van der Waals surface area contributed by atoms with E-state index in [0.29, 0.717) is 10.7 Å². The van der Waals surface area contributed by atoms with Crippen molar-refractivity contribution in [3.05, 3.63) is 29.3 Å². The van der Waals surface area contributed by atoms with Crippen molar-refractivity contribution < 1.29 is 9.53 Å². The van der Waals surface area contributed by atoms with E-state index < -0.39 is 6.10 Å². The van der Waals surface area contributed by atoms with Gasteiger partial charge in [0, 0.05) is 17.8 Å². The van der Waals surface area contributed by atoms with Gasteiger partial charge in [0.1, 0.15) is 6.10 Å². The SMILES string of the molecule is COC(C)C(=O)Nc1cccc(Cl)c1. The number of methoxy groups -OCH3 is 1. The lowest BCUT2D eigenvalue weighted by molar-refractivity contribution is -0.124. The van der Waals surface area contributed by atoms with Crippen LogP contribution in [-0.2, 0) is 9.53 Å². The molecule has 3 nitrogen and oxygen atoms in total. The Kier molecular flexibility index (Phi) is 3.92. The Hall–Kier alpha value is -1.06. The normalized spacial score (nSPS) is 12.2. The topological polar surface area (TPSA) is 38.3 Å². The average Bonchev–Trinajstić information content (AvgIpc) is 2.16. The van der Waals surface area contributed by atoms with Gasteiger partial charge in [0.25, 0.3) is 5.91 Å². The molecule has 0 saturated heterocycles. The van der Waals surface area contributed by atoms with E-state index in [1.165, 1.54) is 7.11 Å². The second kappa shape index (κ2) is 4.98. The smallest absolute Gasteiger partial charge is 0.253 e. The Morgan fingerprint density at radius 1 is 1.57 bits per heavy atom. The predicted molar refractivity (Wildman–Crippen MR) is 56.6 cm³/mol. The number of carbonyl (C=O) groups is 1. The minimum absolute atomic E-state index is 0.185. The summed E-state index contributed by atoms with van der Waals surface area (Å²) in [5, 5.41) is 3.28. The van der Waals surface area contributed by atoms with Crippen LogP contribution in [0.2, 0.25) is 5.02 Å². The zero-order chi connectivity index (χ0) is 10.6. The molecule has 4 heteroatoms. The van der Waals surface area contributed by atoms with Crippen molar-refractivity contribution in [3.8, 4) is 0 Å². The van der Waals surface area contributed by atoms with E-state index in [1.807, 2.05) is 0 Å². The maximum Gasteiger partial charge on any atom is 0.253 e. The molecule has 0 bridgehead atoms. The van der Waals surface area contributed by atoms with E-state index in [4.69, 9.17) is 16.3 Å². The van der Waals surface area contributed by atoms with Crippen LogP contribution >= 0.6 is 11.6 Å². The Bertz CT molecular complexity index is 328. The number of benzene rings is 1. The van der Waals surface area contributed by atoms with E-state index in [0.717, 1.165) is 0 Å². The lowest BCUT2D eigenvalue weighted by Crippen LogP contribution is -2.26. The minimum atomic E-state index is -0.464. The number of hydrogen-bond acceptors (Lipinski definition) is 2. The third kappa shape index (κ3) is 3.01. The zero-order valence-electron chi connectivity index (χ0n) is 8.08. The Balaban J connectivity index is 2.65. The molecule has 0 aliphatic carbocycles. The molecule has 0 aliphatic heterocycles. The molecule has 0 aromatic heterocycles. The first-order valence-electron chi connectivity index (χ1n) is 4.22. The number of nitrogens with one attached hydrogen (secondary N) is 1. The summed E-state index contributed by atoms with van der Waals surface area (Å²) in [5.74, 6) is -0.185. The van der Waals surface area contributed by atoms with Gasteiger partial charge < -0.3 is 10.1 Å². The van der Waals surface area contributed by atoms with Crippen molar-refractivity contribution in [1.82, 2.24) is 0 Å². The van der Waals surface area contributed by atoms with Gasteiger partial charge in [0.15, 0.2) is 0 Å². The van der Waals surface area contributed by atoms with Crippen molar-refractivity contribution >= 4 is 23.2 Å². The van der Waals surface area contributed by atoms with Crippen LogP contribution in [-0.4, -0.2) is 19.1 Å². The molecule has 1 rings (SSSR count). The van der Waals surface area contributed by atoms with Gasteiger partial charge in [-0.25, -0.2) is 0 Å². The van der Waals surface area contributed by atoms with E-state index >= 15 is 0 Å². The van der Waals surface area contributed by atoms with Crippen LogP contribution in [0.25, 0.3) is 0 Å². The summed E-state index contributed by atoms with van der Waals surface area (Å²) in [5.41, 5.74) is 0.673. The standard InChI is InChI=1S/C10H12ClNO2/c1-7(14-2)10(13)12-9-5-3-4-8(11)6-9/h3-7H,1-2H3,(H,12,13). The summed E-state index contributed by atoms with van der Waals surface area (Å²) >= 11 is 5.76. The Labute approximate surface area is 88.0 Å². The minimum Gasteiger partial charge on any atom is -0.372 e. The average molecular weight is 214 g/mol. The predicted octanol–water partition coefficient (Wildman–Crippen LogP) is 2.31. The third-order valence-corrected chi connectivity index (χ3v) is 2.05. The first-order chi connectivity index (χ1) is 6.63. The second-order valence-electron chi connectivity index (χ2n) is 2.88. The molecular weight excluding hydrogens is 202 g/mol. The summed E-state index contributed by atoms with van der Waals surface area (Å²) in [4.78, 5) is 11.4. The van der Waals surface area contributed by atoms with Gasteiger partial charge in [-0.15, -0.1) is 0 Å². The summed E-state index contributed by atoms with van der Waals surface area (Å²) in [7, 11) is 1.49. The quantitative estimate of drug-likeness (QED) is 0.837. The fraction of sp³-hybridized carbons (Fsp3) is 0.300. The van der Waals surface area contributed by atoms with Gasteiger partial charge >= 0.3 is 0 Å². The highest BCUT2D eigenvalue weighted by molar-refractivity contribution is 6.30. The number of amides is 1. The fourth-order valence-electron chi connectivity index (χ4n) is 0.917. The molecule has 14 heavy (non-hydrogen) atoms. The Morgan fingerprint density at radius 2 is 2.29 bits per heavy atom. The van der Waals surface area contributed by atoms with Crippen molar-refractivity contribution in [3.63, 3.8) is 0 Å². The summed E-state index contributed by atoms with van der Waals surface area (Å²) in [6.07, 6.45) is -0.464. The maximum absolute atomic E-state index is 11.4. The largest absolute Gasteiger partial charge is 0.372 e. The highest BCUT2D eigenvalue weighted by atomic mass is 35.5. The van der Waals surface area contributed by atoms with Gasteiger partial charge in [0.05, 0.1) is 0 Å². The van der Waals surface area contributed by atoms with Crippen LogP contribution in [0.5, 0.6) is 0 Å². The molecule has 1 N–H and O–H groups in total. The van der Waals surface area contributed by atoms with Crippen LogP contribution in [0.1, 0.15) is 6.92 Å². The molecule has 1 unspecified atom stereocenters. The molecule has 1 aromatic rings. The fourth-order valence-corrected chi connectivity index (χ4v) is 1.11. The van der Waals surface area contributed by atoms with Gasteiger partial charge in [-0.3, -0.25) is 4.79 Å². The van der Waals surface area contributed by atoms with E-state index in [-0.39, 0.29) is 5.91 Å². The van der Waals surface area contributed by atoms with Crippen LogP contribution in [0.15, 0.2) is 24.3 Å². The highest BCUT2D eigenvalue weighted by Crippen LogP contribution is 2.15. The van der Waals surface area contributed by atoms with Gasteiger partial charge in [-0.2, -0.15) is 0 Å². The molecule has 76 valence electrons. The molecule has 1 aromatic carbocycles. The van der Waals surface area contributed by atoms with E-state index in [9.17, 15) is 4.79 Å². The van der Waals surface area contributed by atoms with Crippen molar-refractivity contribution in [2.45, 2.75) is 13.0 Å². The second-order valence-corrected chi connectivity index (χ2v) is 3.31. The van der Waals surface area contributed by atoms with Crippen LogP contribution in [0.3, 0.4) is 0 Å². The molecule has 0 heterocycles. The third-order valence-electron chi connectivity index (χ3n) is 1.81. The molecule has 0 saturated carbocycles. The maximum atomic E-state index is 11.4. The molecule has 0 fully saturated rings. The lowest BCUT2D eigenvalue weighted by atomic mass is 10.3. The number of ether oxygens (including phenoxy) is 1. The first kappa shape index (κ1) is 11.0. The van der Waals surface area contributed by atoms with E-state index in [2.05, 4.69) is 5.32 Å². The van der Waals surface area contributed by atoms with Crippen LogP contribution in [0, 0.1) is 0 Å². The molecule has 1 amide bonds. The molecule has 1 atom stereocenters. The summed E-state index contributed by atoms with van der Waals surface area (Å²) in [6.45, 7) is 1.68. The summed E-state index contributed by atoms with van der Waals surface area (Å²) in [6, 6.07) is 6.97. The molecule has 0 radical (unpaired) electrons. The monoisotopic (exact) mass is 213 g/mol. The van der Waals surface area contributed by atoms with Crippen molar-refractivity contribution in [1.29, 1.82) is 0 Å². The number of hydrogen-bond donors (Lipinski definition) is 1. The van der Waals surface area contributed by atoms with Crippen LogP contribution in [0.4, 0.5) is 5.69 Å². The number of rotatable bonds is 3. The molecule has 0 aliphatic rings. The molecular formula is C10H12ClNO2. The number of carbonyl (C=O) groups excluding carboxylic acids is 1. The van der Waals surface area contributed by atoms with Gasteiger partial charge in [-0.05, 0) is 25.1 Å².